The largest absolute Gasteiger partial charge is 0.392 e. The van der Waals surface area contributed by atoms with Crippen molar-refractivity contribution in [1.82, 2.24) is 0 Å². The van der Waals surface area contributed by atoms with Crippen LogP contribution in [0.3, 0.4) is 0 Å². The van der Waals surface area contributed by atoms with Crippen LogP contribution in [0.25, 0.3) is 0 Å². The molecule has 0 unspecified atom stereocenters. The number of rotatable bonds is 1. The lowest BCUT2D eigenvalue weighted by atomic mass is 10.2. The van der Waals surface area contributed by atoms with Crippen LogP contribution >= 0.6 is 11.8 Å². The van der Waals surface area contributed by atoms with Crippen molar-refractivity contribution in [3.8, 4) is 0 Å². The fourth-order valence-corrected chi connectivity index (χ4v) is 1.93. The van der Waals surface area contributed by atoms with E-state index in [2.05, 4.69) is 6.92 Å². The van der Waals surface area contributed by atoms with Gasteiger partial charge < -0.3 is 5.11 Å². The monoisotopic (exact) mass is 130 g/mol. The standard InChI is InChI=1S/C6H10OS/c1-5-3-8-4-6(5)2-7/h7H,2-4H2,1H3. The maximum atomic E-state index is 8.67. The lowest BCUT2D eigenvalue weighted by Gasteiger charge is -1.92. The minimum atomic E-state index is 0.263. The first-order valence-corrected chi connectivity index (χ1v) is 3.86. The summed E-state index contributed by atoms with van der Waals surface area (Å²) >= 11 is 1.88. The van der Waals surface area contributed by atoms with Crippen LogP contribution in [-0.4, -0.2) is 23.2 Å². The molecule has 1 rings (SSSR count). The fraction of sp³-hybridized carbons (Fsp3) is 0.667. The summed E-state index contributed by atoms with van der Waals surface area (Å²) < 4.78 is 0. The van der Waals surface area contributed by atoms with Crippen LogP contribution in [0.15, 0.2) is 11.1 Å². The second-order valence-electron chi connectivity index (χ2n) is 2.03. The third-order valence-electron chi connectivity index (χ3n) is 1.39. The minimum Gasteiger partial charge on any atom is -0.392 e. The summed E-state index contributed by atoms with van der Waals surface area (Å²) in [7, 11) is 0. The van der Waals surface area contributed by atoms with Crippen LogP contribution in [0.1, 0.15) is 6.92 Å². The molecule has 0 bridgehead atoms. The van der Waals surface area contributed by atoms with E-state index >= 15 is 0 Å². The first kappa shape index (κ1) is 6.17. The number of aliphatic hydroxyl groups excluding tert-OH is 1. The Kier molecular flexibility index (Phi) is 1.97. The summed E-state index contributed by atoms with van der Waals surface area (Å²) in [5.41, 5.74) is 2.60. The summed E-state index contributed by atoms with van der Waals surface area (Å²) in [6.45, 7) is 2.35. The van der Waals surface area contributed by atoms with E-state index in [9.17, 15) is 0 Å². The Bertz CT molecular complexity index is 118. The average molecular weight is 130 g/mol. The van der Waals surface area contributed by atoms with Crippen molar-refractivity contribution in [1.29, 1.82) is 0 Å². The quantitative estimate of drug-likeness (QED) is 0.535. The molecule has 2 heteroatoms. The van der Waals surface area contributed by atoms with Crippen LogP contribution in [0, 0.1) is 0 Å². The van der Waals surface area contributed by atoms with E-state index in [0.717, 1.165) is 11.5 Å². The van der Waals surface area contributed by atoms with Crippen molar-refractivity contribution in [3.05, 3.63) is 11.1 Å². The van der Waals surface area contributed by atoms with Gasteiger partial charge in [0, 0.05) is 11.5 Å². The van der Waals surface area contributed by atoms with E-state index in [1.807, 2.05) is 11.8 Å². The summed E-state index contributed by atoms with van der Waals surface area (Å²) in [4.78, 5) is 0. The fourth-order valence-electron chi connectivity index (χ4n) is 0.733. The van der Waals surface area contributed by atoms with Gasteiger partial charge in [-0.15, -0.1) is 0 Å². The Labute approximate surface area is 53.8 Å². The van der Waals surface area contributed by atoms with Crippen LogP contribution in [0.2, 0.25) is 0 Å². The predicted octanol–water partition coefficient (Wildman–Crippen LogP) is 1.04. The highest BCUT2D eigenvalue weighted by Gasteiger charge is 2.08. The Morgan fingerprint density at radius 3 is 2.62 bits per heavy atom. The third-order valence-corrected chi connectivity index (χ3v) is 2.58. The normalized spacial score (nSPS) is 20.2. The molecule has 1 aliphatic heterocycles. The topological polar surface area (TPSA) is 20.2 Å². The highest BCUT2D eigenvalue weighted by molar-refractivity contribution is 7.99. The molecule has 0 fully saturated rings. The molecule has 1 heterocycles. The van der Waals surface area contributed by atoms with Crippen molar-refractivity contribution < 1.29 is 5.11 Å². The second-order valence-corrected chi connectivity index (χ2v) is 3.02. The highest BCUT2D eigenvalue weighted by Crippen LogP contribution is 2.22. The van der Waals surface area contributed by atoms with Gasteiger partial charge in [-0.3, -0.25) is 0 Å². The first-order chi connectivity index (χ1) is 3.84. The van der Waals surface area contributed by atoms with E-state index in [4.69, 9.17) is 5.11 Å². The Hall–Kier alpha value is 0.0500. The minimum absolute atomic E-state index is 0.263. The summed E-state index contributed by atoms with van der Waals surface area (Å²) in [5, 5.41) is 8.67. The molecular formula is C6H10OS. The van der Waals surface area contributed by atoms with Crippen LogP contribution in [0.4, 0.5) is 0 Å². The molecule has 1 nitrogen and oxygen atoms in total. The molecular weight excluding hydrogens is 120 g/mol. The molecule has 0 aromatic carbocycles. The first-order valence-electron chi connectivity index (χ1n) is 2.70. The third kappa shape index (κ3) is 1.06. The Balaban J connectivity index is 2.58. The zero-order valence-corrected chi connectivity index (χ0v) is 5.79. The lowest BCUT2D eigenvalue weighted by molar-refractivity contribution is 0.331. The molecule has 0 amide bonds. The van der Waals surface area contributed by atoms with Gasteiger partial charge in [0.25, 0.3) is 0 Å². The molecule has 1 aliphatic rings. The number of hydrogen-bond donors (Lipinski definition) is 1. The van der Waals surface area contributed by atoms with E-state index in [1.54, 1.807) is 0 Å². The molecule has 46 valence electrons. The lowest BCUT2D eigenvalue weighted by Crippen LogP contribution is -1.90. The molecule has 0 saturated carbocycles. The van der Waals surface area contributed by atoms with E-state index in [-0.39, 0.29) is 6.61 Å². The molecule has 0 aliphatic carbocycles. The van der Waals surface area contributed by atoms with Crippen molar-refractivity contribution in [2.24, 2.45) is 0 Å². The van der Waals surface area contributed by atoms with Gasteiger partial charge in [0.05, 0.1) is 6.61 Å². The number of hydrogen-bond acceptors (Lipinski definition) is 2. The molecule has 0 aromatic rings. The molecule has 0 spiro atoms. The SMILES string of the molecule is CC1=C(CO)CSC1. The maximum absolute atomic E-state index is 8.67. The van der Waals surface area contributed by atoms with Gasteiger partial charge in [0.15, 0.2) is 0 Å². The predicted molar refractivity (Wildman–Crippen MR) is 37.1 cm³/mol. The number of thioether (sulfide) groups is 1. The Morgan fingerprint density at radius 1 is 1.62 bits per heavy atom. The van der Waals surface area contributed by atoms with Gasteiger partial charge in [-0.1, -0.05) is 5.57 Å². The van der Waals surface area contributed by atoms with Gasteiger partial charge in [-0.05, 0) is 12.5 Å². The van der Waals surface area contributed by atoms with Crippen molar-refractivity contribution in [2.45, 2.75) is 6.92 Å². The van der Waals surface area contributed by atoms with E-state index < -0.39 is 0 Å². The maximum Gasteiger partial charge on any atom is 0.0652 e. The zero-order chi connectivity index (χ0) is 5.98. The van der Waals surface area contributed by atoms with E-state index in [1.165, 1.54) is 11.1 Å². The molecule has 0 aromatic heterocycles. The Morgan fingerprint density at radius 2 is 2.38 bits per heavy atom. The van der Waals surface area contributed by atoms with Crippen molar-refractivity contribution in [3.63, 3.8) is 0 Å². The molecule has 0 atom stereocenters. The van der Waals surface area contributed by atoms with Crippen molar-refractivity contribution in [2.75, 3.05) is 18.1 Å². The van der Waals surface area contributed by atoms with Gasteiger partial charge in [0.2, 0.25) is 0 Å². The number of aliphatic hydroxyl groups is 1. The molecule has 8 heavy (non-hydrogen) atoms. The summed E-state index contributed by atoms with van der Waals surface area (Å²) in [5.74, 6) is 2.16. The van der Waals surface area contributed by atoms with Crippen LogP contribution in [0.5, 0.6) is 0 Å². The molecule has 0 saturated heterocycles. The molecule has 0 radical (unpaired) electrons. The summed E-state index contributed by atoms with van der Waals surface area (Å²) in [6, 6.07) is 0. The van der Waals surface area contributed by atoms with Crippen LogP contribution in [-0.2, 0) is 0 Å². The average Bonchev–Trinajstić information content (AvgIpc) is 2.14. The summed E-state index contributed by atoms with van der Waals surface area (Å²) in [6.07, 6.45) is 0. The van der Waals surface area contributed by atoms with Gasteiger partial charge in [-0.2, -0.15) is 11.8 Å². The zero-order valence-electron chi connectivity index (χ0n) is 4.98. The van der Waals surface area contributed by atoms with Gasteiger partial charge in [0.1, 0.15) is 0 Å². The van der Waals surface area contributed by atoms with Gasteiger partial charge >= 0.3 is 0 Å². The smallest absolute Gasteiger partial charge is 0.0652 e. The van der Waals surface area contributed by atoms with E-state index in [0.29, 0.717) is 0 Å². The van der Waals surface area contributed by atoms with Crippen molar-refractivity contribution >= 4 is 11.8 Å². The van der Waals surface area contributed by atoms with Crippen LogP contribution < -0.4 is 0 Å². The highest BCUT2D eigenvalue weighted by atomic mass is 32.2. The molecule has 1 N–H and O–H groups in total. The second kappa shape index (κ2) is 2.55. The van der Waals surface area contributed by atoms with Gasteiger partial charge in [-0.25, -0.2) is 0 Å².